The van der Waals surface area contributed by atoms with Crippen LogP contribution in [0.5, 0.6) is 5.75 Å². The summed E-state index contributed by atoms with van der Waals surface area (Å²) in [7, 11) is 0. The van der Waals surface area contributed by atoms with Crippen molar-refractivity contribution in [1.82, 2.24) is 10.2 Å². The molecular formula is C21H26N2O4. The maximum Gasteiger partial charge on any atom is 0.287 e. The highest BCUT2D eigenvalue weighted by atomic mass is 16.5. The summed E-state index contributed by atoms with van der Waals surface area (Å²) in [5, 5.41) is 2.82. The molecule has 0 fully saturated rings. The molecule has 2 aromatic rings. The van der Waals surface area contributed by atoms with Crippen molar-refractivity contribution in [2.45, 2.75) is 45.9 Å². The lowest BCUT2D eigenvalue weighted by Crippen LogP contribution is -2.53. The molecule has 6 heteroatoms. The minimum atomic E-state index is -0.649. The zero-order valence-corrected chi connectivity index (χ0v) is 16.2. The molecular weight excluding hydrogens is 344 g/mol. The Morgan fingerprint density at radius 1 is 1.15 bits per heavy atom. The lowest BCUT2D eigenvalue weighted by molar-refractivity contribution is -0.136. The molecule has 0 saturated heterocycles. The van der Waals surface area contributed by atoms with Crippen LogP contribution in [0.4, 0.5) is 0 Å². The van der Waals surface area contributed by atoms with Crippen molar-refractivity contribution in [1.29, 1.82) is 0 Å². The molecule has 27 heavy (non-hydrogen) atoms. The number of para-hydroxylation sites is 1. The van der Waals surface area contributed by atoms with Crippen LogP contribution in [0, 0.1) is 5.92 Å². The summed E-state index contributed by atoms with van der Waals surface area (Å²) in [5.74, 6) is 0.395. The normalized spacial score (nSPS) is 16.9. The van der Waals surface area contributed by atoms with Crippen LogP contribution in [0.25, 0.3) is 0 Å². The number of benzene rings is 1. The first-order chi connectivity index (χ1) is 12.8. The van der Waals surface area contributed by atoms with E-state index in [0.717, 1.165) is 11.3 Å². The zero-order valence-electron chi connectivity index (χ0n) is 16.2. The topological polar surface area (TPSA) is 71.8 Å². The number of rotatable bonds is 4. The van der Waals surface area contributed by atoms with E-state index in [9.17, 15) is 9.59 Å². The molecule has 1 atom stereocenters. The fourth-order valence-corrected chi connectivity index (χ4v) is 3.27. The van der Waals surface area contributed by atoms with Crippen LogP contribution < -0.4 is 10.1 Å². The SMILES string of the molecule is CC(C)C(NC(=O)c1ccco1)C(=O)N1Cc2ccccc2OC(C)(C)C1. The summed E-state index contributed by atoms with van der Waals surface area (Å²) < 4.78 is 11.3. The van der Waals surface area contributed by atoms with Gasteiger partial charge in [-0.05, 0) is 38.0 Å². The lowest BCUT2D eigenvalue weighted by Gasteiger charge is -2.33. The predicted octanol–water partition coefficient (Wildman–Crippen LogP) is 3.23. The Labute approximate surface area is 159 Å². The number of nitrogens with zero attached hydrogens (tertiary/aromatic N) is 1. The highest BCUT2D eigenvalue weighted by molar-refractivity contribution is 5.95. The average molecular weight is 370 g/mol. The molecule has 1 aromatic heterocycles. The molecule has 1 N–H and O–H groups in total. The fraction of sp³-hybridized carbons (Fsp3) is 0.429. The molecule has 6 nitrogen and oxygen atoms in total. The first-order valence-electron chi connectivity index (χ1n) is 9.17. The molecule has 1 aliphatic heterocycles. The van der Waals surface area contributed by atoms with Gasteiger partial charge in [-0.1, -0.05) is 32.0 Å². The Hall–Kier alpha value is -2.76. The van der Waals surface area contributed by atoms with Crippen molar-refractivity contribution in [2.24, 2.45) is 5.92 Å². The molecule has 0 bridgehead atoms. The summed E-state index contributed by atoms with van der Waals surface area (Å²) >= 11 is 0. The van der Waals surface area contributed by atoms with Crippen molar-refractivity contribution in [3.05, 3.63) is 54.0 Å². The Balaban J connectivity index is 1.83. The van der Waals surface area contributed by atoms with Crippen LogP contribution in [-0.2, 0) is 11.3 Å². The van der Waals surface area contributed by atoms with Gasteiger partial charge in [-0.25, -0.2) is 0 Å². The number of furan rings is 1. The van der Waals surface area contributed by atoms with E-state index in [1.165, 1.54) is 6.26 Å². The van der Waals surface area contributed by atoms with Crippen LogP contribution in [0.1, 0.15) is 43.8 Å². The second-order valence-electron chi connectivity index (χ2n) is 7.84. The van der Waals surface area contributed by atoms with Gasteiger partial charge in [-0.2, -0.15) is 0 Å². The lowest BCUT2D eigenvalue weighted by atomic mass is 10.0. The number of nitrogens with one attached hydrogen (secondary N) is 1. The molecule has 1 unspecified atom stereocenters. The van der Waals surface area contributed by atoms with Crippen molar-refractivity contribution in [3.63, 3.8) is 0 Å². The molecule has 0 aliphatic carbocycles. The van der Waals surface area contributed by atoms with Gasteiger partial charge in [-0.15, -0.1) is 0 Å². The molecule has 1 aromatic carbocycles. The quantitative estimate of drug-likeness (QED) is 0.897. The third-order valence-electron chi connectivity index (χ3n) is 4.57. The molecule has 0 radical (unpaired) electrons. The number of hydrogen-bond donors (Lipinski definition) is 1. The largest absolute Gasteiger partial charge is 0.486 e. The van der Waals surface area contributed by atoms with E-state index in [1.807, 2.05) is 52.0 Å². The van der Waals surface area contributed by atoms with Crippen molar-refractivity contribution < 1.29 is 18.7 Å². The van der Waals surface area contributed by atoms with E-state index < -0.39 is 17.6 Å². The minimum absolute atomic E-state index is 0.0704. The summed E-state index contributed by atoms with van der Waals surface area (Å²) in [5.41, 5.74) is 0.422. The average Bonchev–Trinajstić information content (AvgIpc) is 3.09. The third kappa shape index (κ3) is 4.32. The number of amides is 2. The van der Waals surface area contributed by atoms with Crippen LogP contribution >= 0.6 is 0 Å². The summed E-state index contributed by atoms with van der Waals surface area (Å²) in [6.45, 7) is 8.62. The van der Waals surface area contributed by atoms with E-state index in [1.54, 1.807) is 17.0 Å². The molecule has 2 heterocycles. The molecule has 0 saturated carbocycles. The Kier molecular flexibility index (Phi) is 5.26. The van der Waals surface area contributed by atoms with Crippen LogP contribution in [0.15, 0.2) is 47.1 Å². The standard InChI is InChI=1S/C21H26N2O4/c1-14(2)18(22-19(24)17-10-7-11-26-17)20(25)23-12-15-8-5-6-9-16(15)27-21(3,4)13-23/h5-11,14,18H,12-13H2,1-4H3,(H,22,24). The first-order valence-corrected chi connectivity index (χ1v) is 9.17. The van der Waals surface area contributed by atoms with Gasteiger partial charge in [0.2, 0.25) is 5.91 Å². The van der Waals surface area contributed by atoms with Gasteiger partial charge in [0.05, 0.1) is 12.8 Å². The van der Waals surface area contributed by atoms with Gasteiger partial charge in [0.25, 0.3) is 5.91 Å². The maximum atomic E-state index is 13.3. The number of fused-ring (bicyclic) bond motifs is 1. The highest BCUT2D eigenvalue weighted by Gasteiger charge is 2.36. The maximum absolute atomic E-state index is 13.3. The monoisotopic (exact) mass is 370 g/mol. The highest BCUT2D eigenvalue weighted by Crippen LogP contribution is 2.29. The summed E-state index contributed by atoms with van der Waals surface area (Å²) in [6.07, 6.45) is 1.44. The van der Waals surface area contributed by atoms with Gasteiger partial charge < -0.3 is 19.4 Å². The fourth-order valence-electron chi connectivity index (χ4n) is 3.27. The van der Waals surface area contributed by atoms with Crippen LogP contribution in [-0.4, -0.2) is 34.9 Å². The van der Waals surface area contributed by atoms with Gasteiger partial charge in [0.1, 0.15) is 17.4 Å². The Morgan fingerprint density at radius 2 is 1.89 bits per heavy atom. The van der Waals surface area contributed by atoms with Gasteiger partial charge in [-0.3, -0.25) is 9.59 Å². The molecule has 3 rings (SSSR count). The van der Waals surface area contributed by atoms with Gasteiger partial charge in [0.15, 0.2) is 5.76 Å². The minimum Gasteiger partial charge on any atom is -0.486 e. The molecule has 2 amide bonds. The zero-order chi connectivity index (χ0) is 19.6. The van der Waals surface area contributed by atoms with E-state index in [-0.39, 0.29) is 17.6 Å². The number of carbonyl (C=O) groups excluding carboxylic acids is 2. The summed E-state index contributed by atoms with van der Waals surface area (Å²) in [6, 6.07) is 10.3. The summed E-state index contributed by atoms with van der Waals surface area (Å²) in [4.78, 5) is 27.5. The van der Waals surface area contributed by atoms with Crippen LogP contribution in [0.2, 0.25) is 0 Å². The number of carbonyl (C=O) groups is 2. The number of hydrogen-bond acceptors (Lipinski definition) is 4. The third-order valence-corrected chi connectivity index (χ3v) is 4.57. The van der Waals surface area contributed by atoms with Crippen molar-refractivity contribution in [2.75, 3.05) is 6.54 Å². The molecule has 1 aliphatic rings. The molecule has 0 spiro atoms. The predicted molar refractivity (Wildman–Crippen MR) is 101 cm³/mol. The van der Waals surface area contributed by atoms with Crippen molar-refractivity contribution >= 4 is 11.8 Å². The smallest absolute Gasteiger partial charge is 0.287 e. The van der Waals surface area contributed by atoms with Crippen molar-refractivity contribution in [3.8, 4) is 5.75 Å². The van der Waals surface area contributed by atoms with E-state index in [2.05, 4.69) is 5.32 Å². The Bertz CT molecular complexity index is 811. The second-order valence-corrected chi connectivity index (χ2v) is 7.84. The van der Waals surface area contributed by atoms with E-state index in [0.29, 0.717) is 13.1 Å². The number of ether oxygens (including phenoxy) is 1. The van der Waals surface area contributed by atoms with E-state index in [4.69, 9.17) is 9.15 Å². The van der Waals surface area contributed by atoms with Gasteiger partial charge >= 0.3 is 0 Å². The Morgan fingerprint density at radius 3 is 2.56 bits per heavy atom. The first kappa shape index (κ1) is 19.0. The second kappa shape index (κ2) is 7.47. The van der Waals surface area contributed by atoms with E-state index >= 15 is 0 Å². The van der Waals surface area contributed by atoms with Gasteiger partial charge in [0, 0.05) is 12.1 Å². The molecule has 144 valence electrons. The van der Waals surface area contributed by atoms with Crippen LogP contribution in [0.3, 0.4) is 0 Å².